The smallest absolute Gasteiger partial charge is 0.214 e. The van der Waals surface area contributed by atoms with Crippen molar-refractivity contribution in [2.24, 2.45) is 5.92 Å². The van der Waals surface area contributed by atoms with Gasteiger partial charge in [-0.25, -0.2) is 0 Å². The van der Waals surface area contributed by atoms with Crippen LogP contribution in [-0.4, -0.2) is 27.9 Å². The maximum atomic E-state index is 14.2. The van der Waals surface area contributed by atoms with Gasteiger partial charge in [-0.1, -0.05) is 81.6 Å². The summed E-state index contributed by atoms with van der Waals surface area (Å²) in [4.78, 5) is 27.4. The molecule has 0 aromatic heterocycles. The van der Waals surface area contributed by atoms with Crippen molar-refractivity contribution >= 4 is 82.6 Å². The Hall–Kier alpha value is -2.97. The number of Topliss-reactive ketones (excluding diaryl/α,β-unsaturated/α-hetero) is 2. The van der Waals surface area contributed by atoms with Crippen molar-refractivity contribution in [2.75, 3.05) is 0 Å². The van der Waals surface area contributed by atoms with E-state index in [2.05, 4.69) is 31.9 Å². The summed E-state index contributed by atoms with van der Waals surface area (Å²) >= 11 is 13.8. The molecule has 1 spiro atoms. The van der Waals surface area contributed by atoms with E-state index < -0.39 is 22.9 Å². The van der Waals surface area contributed by atoms with Crippen molar-refractivity contribution < 1.29 is 24.2 Å². The zero-order valence-corrected chi connectivity index (χ0v) is 26.0. The lowest BCUT2D eigenvalue weighted by atomic mass is 9.61. The molecule has 1 aliphatic carbocycles. The number of carbonyl (C=O) groups excluding carboxylic acids is 2. The fraction of sp³-hybridized carbons (Fsp3) is 0.212. The SMILES string of the molecule is CCC(=O)[C@H](C)[C@]1(O)C(=O)C(Cl)=C2Oc3ccc4cc(Br)ccc4c3C=C2[C@@]12Cc1c(ccc3cc(Br)ccc13)O2. The lowest BCUT2D eigenvalue weighted by Crippen LogP contribution is -2.70. The molecule has 0 saturated heterocycles. The molecule has 8 heteroatoms. The lowest BCUT2D eigenvalue weighted by molar-refractivity contribution is -0.172. The van der Waals surface area contributed by atoms with Crippen LogP contribution in [-0.2, 0) is 16.0 Å². The first-order valence-electron chi connectivity index (χ1n) is 13.3. The van der Waals surface area contributed by atoms with Crippen LogP contribution in [0.3, 0.4) is 0 Å². The zero-order valence-electron chi connectivity index (χ0n) is 22.1. The molecule has 1 N–H and O–H groups in total. The number of ketones is 2. The third kappa shape index (κ3) is 3.62. The van der Waals surface area contributed by atoms with Gasteiger partial charge in [-0.15, -0.1) is 0 Å². The van der Waals surface area contributed by atoms with Gasteiger partial charge in [0.05, 0.1) is 5.92 Å². The van der Waals surface area contributed by atoms with Gasteiger partial charge < -0.3 is 14.6 Å². The number of benzene rings is 4. The zero-order chi connectivity index (χ0) is 28.8. The molecule has 4 aromatic rings. The average Bonchev–Trinajstić information content (AvgIpc) is 3.38. The molecule has 3 aliphatic rings. The van der Waals surface area contributed by atoms with E-state index in [1.165, 1.54) is 0 Å². The number of hydrogen-bond donors (Lipinski definition) is 1. The number of fused-ring (bicyclic) bond motifs is 8. The fourth-order valence-electron chi connectivity index (χ4n) is 6.58. The van der Waals surface area contributed by atoms with Gasteiger partial charge in [0, 0.05) is 38.5 Å². The van der Waals surface area contributed by atoms with Crippen LogP contribution in [0.5, 0.6) is 11.5 Å². The molecular weight excluding hydrogens is 672 g/mol. The van der Waals surface area contributed by atoms with E-state index in [0.29, 0.717) is 17.1 Å². The normalized spacial score (nSPS) is 23.6. The Bertz CT molecular complexity index is 1930. The Labute approximate surface area is 258 Å². The van der Waals surface area contributed by atoms with Gasteiger partial charge >= 0.3 is 0 Å². The highest BCUT2D eigenvalue weighted by Gasteiger charge is 2.70. The number of halogens is 3. The summed E-state index contributed by atoms with van der Waals surface area (Å²) in [6, 6.07) is 19.5. The second-order valence-electron chi connectivity index (χ2n) is 10.8. The van der Waals surface area contributed by atoms with Crippen molar-refractivity contribution in [3.05, 3.63) is 97.1 Å². The van der Waals surface area contributed by atoms with Gasteiger partial charge in [-0.05, 0) is 64.0 Å². The Morgan fingerprint density at radius 2 is 1.63 bits per heavy atom. The molecule has 4 aromatic carbocycles. The van der Waals surface area contributed by atoms with Crippen LogP contribution in [0.15, 0.2) is 86.0 Å². The molecule has 0 bridgehead atoms. The number of hydrogen-bond acceptors (Lipinski definition) is 5. The Morgan fingerprint density at radius 1 is 1.00 bits per heavy atom. The summed E-state index contributed by atoms with van der Waals surface area (Å²) in [6.07, 6.45) is 2.18. The van der Waals surface area contributed by atoms with E-state index in [0.717, 1.165) is 41.6 Å². The summed E-state index contributed by atoms with van der Waals surface area (Å²) in [5.41, 5.74) is -1.91. The molecule has 0 fully saturated rings. The number of rotatable bonds is 3. The first-order valence-corrected chi connectivity index (χ1v) is 15.3. The first-order chi connectivity index (χ1) is 19.6. The lowest BCUT2D eigenvalue weighted by Gasteiger charge is -2.50. The highest BCUT2D eigenvalue weighted by molar-refractivity contribution is 9.10. The van der Waals surface area contributed by atoms with Crippen LogP contribution in [0.1, 0.15) is 31.4 Å². The molecule has 2 aliphatic heterocycles. The van der Waals surface area contributed by atoms with Crippen molar-refractivity contribution in [1.82, 2.24) is 0 Å². The molecule has 41 heavy (non-hydrogen) atoms. The molecule has 0 amide bonds. The summed E-state index contributed by atoms with van der Waals surface area (Å²) in [7, 11) is 0. The summed E-state index contributed by atoms with van der Waals surface area (Å²) in [5.74, 6) is -0.943. The maximum absolute atomic E-state index is 14.2. The van der Waals surface area contributed by atoms with E-state index >= 15 is 0 Å². The number of aliphatic hydroxyl groups is 1. The van der Waals surface area contributed by atoms with Crippen molar-refractivity contribution in [3.63, 3.8) is 0 Å². The minimum atomic E-state index is -2.29. The quantitative estimate of drug-likeness (QED) is 0.235. The minimum Gasteiger partial charge on any atom is -0.478 e. The van der Waals surface area contributed by atoms with Crippen LogP contribution in [0.4, 0.5) is 0 Å². The van der Waals surface area contributed by atoms with E-state index in [9.17, 15) is 14.7 Å². The summed E-state index contributed by atoms with van der Waals surface area (Å²) in [5, 5.41) is 16.2. The average molecular weight is 695 g/mol. The third-order valence-corrected chi connectivity index (χ3v) is 10.1. The Kier molecular flexibility index (Phi) is 6.08. The highest BCUT2D eigenvalue weighted by Crippen LogP contribution is 2.58. The molecule has 0 radical (unpaired) electrons. The molecular formula is C33H23Br2ClO5. The summed E-state index contributed by atoms with van der Waals surface area (Å²) in [6.45, 7) is 3.29. The van der Waals surface area contributed by atoms with Gasteiger partial charge in [0.1, 0.15) is 22.3 Å². The van der Waals surface area contributed by atoms with Crippen molar-refractivity contribution in [3.8, 4) is 11.5 Å². The molecule has 3 atom stereocenters. The van der Waals surface area contributed by atoms with E-state index in [1.54, 1.807) is 13.8 Å². The predicted octanol–water partition coefficient (Wildman–Crippen LogP) is 8.05. The van der Waals surface area contributed by atoms with Gasteiger partial charge in [0.2, 0.25) is 5.78 Å². The standard InChI is InChI=1S/C33H23Br2ClO5/c1-3-26(37)16(2)33(39)31(38)29(36)30-25(14-23-21-8-6-19(34)12-17(21)4-10-27(23)40-30)32(33)15-24-22-9-7-20(35)13-18(22)5-11-28(24)41-32/h4-14,16,39H,3,15H2,1-2H3/t16-,32-,33-/m0/s1. The second-order valence-corrected chi connectivity index (χ2v) is 13.0. The maximum Gasteiger partial charge on any atom is 0.214 e. The highest BCUT2D eigenvalue weighted by atomic mass is 79.9. The number of ether oxygens (including phenoxy) is 2. The van der Waals surface area contributed by atoms with E-state index in [1.807, 2.05) is 66.7 Å². The molecule has 0 unspecified atom stereocenters. The van der Waals surface area contributed by atoms with Crippen LogP contribution in [0.2, 0.25) is 0 Å². The minimum absolute atomic E-state index is 0.138. The molecule has 7 rings (SSSR count). The first kappa shape index (κ1) is 26.9. The van der Waals surface area contributed by atoms with Gasteiger partial charge in [0.15, 0.2) is 17.0 Å². The predicted molar refractivity (Wildman–Crippen MR) is 166 cm³/mol. The van der Waals surface area contributed by atoms with Crippen LogP contribution in [0, 0.1) is 5.92 Å². The monoisotopic (exact) mass is 692 g/mol. The van der Waals surface area contributed by atoms with E-state index in [4.69, 9.17) is 21.1 Å². The van der Waals surface area contributed by atoms with E-state index in [-0.39, 0.29) is 29.4 Å². The topological polar surface area (TPSA) is 72.8 Å². The van der Waals surface area contributed by atoms with Crippen molar-refractivity contribution in [1.29, 1.82) is 0 Å². The fourth-order valence-corrected chi connectivity index (χ4v) is 7.63. The third-order valence-electron chi connectivity index (χ3n) is 8.74. The molecule has 206 valence electrons. The largest absolute Gasteiger partial charge is 0.478 e. The summed E-state index contributed by atoms with van der Waals surface area (Å²) < 4.78 is 15.0. The van der Waals surface area contributed by atoms with Gasteiger partial charge in [0.25, 0.3) is 0 Å². The Balaban J connectivity index is 1.54. The van der Waals surface area contributed by atoms with Crippen LogP contribution in [0.25, 0.3) is 27.6 Å². The van der Waals surface area contributed by atoms with Crippen LogP contribution >= 0.6 is 43.5 Å². The number of carbonyl (C=O) groups is 2. The van der Waals surface area contributed by atoms with Gasteiger partial charge in [-0.2, -0.15) is 0 Å². The second kappa shape index (κ2) is 9.27. The molecule has 2 heterocycles. The molecule has 0 saturated carbocycles. The van der Waals surface area contributed by atoms with Gasteiger partial charge in [-0.3, -0.25) is 9.59 Å². The molecule has 5 nitrogen and oxygen atoms in total. The Morgan fingerprint density at radius 3 is 2.32 bits per heavy atom. The van der Waals surface area contributed by atoms with Crippen molar-refractivity contribution in [2.45, 2.75) is 37.9 Å². The van der Waals surface area contributed by atoms with Crippen LogP contribution < -0.4 is 9.47 Å².